The Hall–Kier alpha value is -1.36. The van der Waals surface area contributed by atoms with Crippen LogP contribution in [-0.2, 0) is 4.74 Å². The number of methoxy groups -OCH3 is 1. The van der Waals surface area contributed by atoms with Crippen LogP contribution in [0, 0.1) is 0 Å². The maximum absolute atomic E-state index is 5.64. The third-order valence-electron chi connectivity index (χ3n) is 2.45. The van der Waals surface area contributed by atoms with Crippen LogP contribution in [0.25, 0.3) is 0 Å². The summed E-state index contributed by atoms with van der Waals surface area (Å²) in [6.07, 6.45) is 4.11. The summed E-state index contributed by atoms with van der Waals surface area (Å²) in [5.74, 6) is 1.23. The highest BCUT2D eigenvalue weighted by Gasteiger charge is 2.30. The second-order valence-electron chi connectivity index (χ2n) is 3.70. The SMILES string of the molecule is COCCN(c1nccc(N)n1)C1CC1. The molecule has 5 nitrogen and oxygen atoms in total. The van der Waals surface area contributed by atoms with Crippen LogP contribution in [0.5, 0.6) is 0 Å². The molecule has 1 aliphatic carbocycles. The molecule has 0 amide bonds. The smallest absolute Gasteiger partial charge is 0.227 e. The monoisotopic (exact) mass is 208 g/mol. The van der Waals surface area contributed by atoms with Crippen LogP contribution in [0.1, 0.15) is 12.8 Å². The van der Waals surface area contributed by atoms with Crippen molar-refractivity contribution in [3.8, 4) is 0 Å². The number of nitrogens with two attached hydrogens (primary N) is 1. The van der Waals surface area contributed by atoms with E-state index in [9.17, 15) is 0 Å². The number of rotatable bonds is 5. The second-order valence-corrected chi connectivity index (χ2v) is 3.70. The van der Waals surface area contributed by atoms with Gasteiger partial charge in [-0.25, -0.2) is 4.98 Å². The molecule has 0 aromatic carbocycles. The number of nitrogen functional groups attached to an aromatic ring is 1. The van der Waals surface area contributed by atoms with Crippen molar-refractivity contribution in [2.24, 2.45) is 0 Å². The summed E-state index contributed by atoms with van der Waals surface area (Å²) in [5, 5.41) is 0. The highest BCUT2D eigenvalue weighted by Crippen LogP contribution is 2.29. The van der Waals surface area contributed by atoms with E-state index >= 15 is 0 Å². The van der Waals surface area contributed by atoms with Crippen LogP contribution in [0.3, 0.4) is 0 Å². The zero-order chi connectivity index (χ0) is 10.7. The predicted molar refractivity (Wildman–Crippen MR) is 58.7 cm³/mol. The zero-order valence-electron chi connectivity index (χ0n) is 8.89. The van der Waals surface area contributed by atoms with Gasteiger partial charge < -0.3 is 15.4 Å². The van der Waals surface area contributed by atoms with Crippen molar-refractivity contribution in [2.75, 3.05) is 30.9 Å². The first-order chi connectivity index (χ1) is 7.31. The topological polar surface area (TPSA) is 64.3 Å². The van der Waals surface area contributed by atoms with Crippen molar-refractivity contribution < 1.29 is 4.74 Å². The molecule has 0 spiro atoms. The molecule has 15 heavy (non-hydrogen) atoms. The van der Waals surface area contributed by atoms with Gasteiger partial charge in [0, 0.05) is 25.9 Å². The van der Waals surface area contributed by atoms with Crippen LogP contribution in [-0.4, -0.2) is 36.3 Å². The fourth-order valence-electron chi connectivity index (χ4n) is 1.52. The number of hydrogen-bond donors (Lipinski definition) is 1. The largest absolute Gasteiger partial charge is 0.384 e. The van der Waals surface area contributed by atoms with E-state index in [4.69, 9.17) is 10.5 Å². The van der Waals surface area contributed by atoms with Crippen molar-refractivity contribution in [3.63, 3.8) is 0 Å². The fraction of sp³-hybridized carbons (Fsp3) is 0.600. The molecule has 0 radical (unpaired) electrons. The van der Waals surface area contributed by atoms with Crippen LogP contribution in [0.15, 0.2) is 12.3 Å². The lowest BCUT2D eigenvalue weighted by Gasteiger charge is -2.21. The molecule has 0 bridgehead atoms. The summed E-state index contributed by atoms with van der Waals surface area (Å²) in [4.78, 5) is 10.6. The van der Waals surface area contributed by atoms with Crippen LogP contribution in [0.2, 0.25) is 0 Å². The van der Waals surface area contributed by atoms with Crippen molar-refractivity contribution in [3.05, 3.63) is 12.3 Å². The Morgan fingerprint density at radius 2 is 2.40 bits per heavy atom. The van der Waals surface area contributed by atoms with Crippen molar-refractivity contribution in [1.29, 1.82) is 0 Å². The second kappa shape index (κ2) is 4.44. The Balaban J connectivity index is 2.09. The average molecular weight is 208 g/mol. The van der Waals surface area contributed by atoms with Crippen LogP contribution >= 0.6 is 0 Å². The van der Waals surface area contributed by atoms with Crippen LogP contribution < -0.4 is 10.6 Å². The van der Waals surface area contributed by atoms with Gasteiger partial charge in [-0.15, -0.1) is 0 Å². The first kappa shape index (κ1) is 10.2. The number of nitrogens with zero attached hydrogens (tertiary/aromatic N) is 3. The lowest BCUT2D eigenvalue weighted by atomic mass is 10.5. The van der Waals surface area contributed by atoms with E-state index in [2.05, 4.69) is 14.9 Å². The molecule has 1 fully saturated rings. The van der Waals surface area contributed by atoms with E-state index in [1.54, 1.807) is 19.4 Å². The third kappa shape index (κ3) is 2.56. The quantitative estimate of drug-likeness (QED) is 0.770. The molecular formula is C10H16N4O. The molecule has 5 heteroatoms. The molecule has 1 aliphatic rings. The fourth-order valence-corrected chi connectivity index (χ4v) is 1.52. The summed E-state index contributed by atoms with van der Waals surface area (Å²) in [5.41, 5.74) is 5.64. The van der Waals surface area contributed by atoms with E-state index in [1.807, 2.05) is 0 Å². The Labute approximate surface area is 89.3 Å². The lowest BCUT2D eigenvalue weighted by Crippen LogP contribution is -2.31. The molecule has 1 aromatic rings. The van der Waals surface area contributed by atoms with Gasteiger partial charge >= 0.3 is 0 Å². The summed E-state index contributed by atoms with van der Waals surface area (Å²) in [6, 6.07) is 2.27. The molecule has 0 saturated heterocycles. The minimum atomic E-state index is 0.517. The Kier molecular flexibility index (Phi) is 3.01. The molecule has 1 saturated carbocycles. The van der Waals surface area contributed by atoms with Gasteiger partial charge in [0.15, 0.2) is 0 Å². The molecule has 2 N–H and O–H groups in total. The molecule has 0 atom stereocenters. The van der Waals surface area contributed by atoms with Crippen molar-refractivity contribution in [1.82, 2.24) is 9.97 Å². The lowest BCUT2D eigenvalue weighted by molar-refractivity contribution is 0.204. The summed E-state index contributed by atoms with van der Waals surface area (Å²) in [7, 11) is 1.70. The Bertz CT molecular complexity index is 327. The first-order valence-electron chi connectivity index (χ1n) is 5.15. The summed E-state index contributed by atoms with van der Waals surface area (Å²) < 4.78 is 5.07. The maximum Gasteiger partial charge on any atom is 0.227 e. The normalized spacial score (nSPS) is 15.3. The molecular weight excluding hydrogens is 192 g/mol. The van der Waals surface area contributed by atoms with Crippen molar-refractivity contribution >= 4 is 11.8 Å². The molecule has 0 unspecified atom stereocenters. The minimum absolute atomic E-state index is 0.517. The van der Waals surface area contributed by atoms with Gasteiger partial charge in [-0.05, 0) is 18.9 Å². The minimum Gasteiger partial charge on any atom is -0.384 e. The number of hydrogen-bond acceptors (Lipinski definition) is 5. The first-order valence-corrected chi connectivity index (χ1v) is 5.15. The standard InChI is InChI=1S/C10H16N4O/c1-15-7-6-14(8-2-3-8)10-12-5-4-9(11)13-10/h4-5,8H,2-3,6-7H2,1H3,(H2,11,12,13). The predicted octanol–water partition coefficient (Wildman–Crippen LogP) is 0.674. The zero-order valence-corrected chi connectivity index (χ0v) is 8.89. The van der Waals surface area contributed by atoms with Gasteiger partial charge in [0.25, 0.3) is 0 Å². The highest BCUT2D eigenvalue weighted by atomic mass is 16.5. The molecule has 1 heterocycles. The van der Waals surface area contributed by atoms with Gasteiger partial charge in [0.2, 0.25) is 5.95 Å². The van der Waals surface area contributed by atoms with Gasteiger partial charge in [-0.3, -0.25) is 0 Å². The number of aromatic nitrogens is 2. The summed E-state index contributed by atoms with van der Waals surface area (Å²) in [6.45, 7) is 1.51. The van der Waals surface area contributed by atoms with Gasteiger partial charge in [0.05, 0.1) is 6.61 Å². The third-order valence-corrected chi connectivity index (χ3v) is 2.45. The van der Waals surface area contributed by atoms with E-state index in [0.717, 1.165) is 12.5 Å². The van der Waals surface area contributed by atoms with E-state index < -0.39 is 0 Å². The average Bonchev–Trinajstić information content (AvgIpc) is 3.03. The van der Waals surface area contributed by atoms with E-state index in [0.29, 0.717) is 18.5 Å². The number of anilines is 2. The molecule has 2 rings (SSSR count). The van der Waals surface area contributed by atoms with E-state index in [-0.39, 0.29) is 0 Å². The van der Waals surface area contributed by atoms with Gasteiger partial charge in [0.1, 0.15) is 5.82 Å². The Morgan fingerprint density at radius 3 is 3.00 bits per heavy atom. The number of ether oxygens (including phenoxy) is 1. The molecule has 0 aliphatic heterocycles. The van der Waals surface area contributed by atoms with Gasteiger partial charge in [-0.1, -0.05) is 0 Å². The maximum atomic E-state index is 5.64. The van der Waals surface area contributed by atoms with Crippen LogP contribution in [0.4, 0.5) is 11.8 Å². The molecule has 1 aromatic heterocycles. The van der Waals surface area contributed by atoms with E-state index in [1.165, 1.54) is 12.8 Å². The summed E-state index contributed by atoms with van der Waals surface area (Å²) >= 11 is 0. The van der Waals surface area contributed by atoms with Crippen molar-refractivity contribution in [2.45, 2.75) is 18.9 Å². The Morgan fingerprint density at radius 1 is 1.60 bits per heavy atom. The van der Waals surface area contributed by atoms with Gasteiger partial charge in [-0.2, -0.15) is 4.98 Å². The molecule has 82 valence electrons. The highest BCUT2D eigenvalue weighted by molar-refractivity contribution is 5.39.